The summed E-state index contributed by atoms with van der Waals surface area (Å²) < 4.78 is 33.5. The van der Waals surface area contributed by atoms with Crippen molar-refractivity contribution in [2.45, 2.75) is 156 Å². The molecule has 2 fully saturated rings. The summed E-state index contributed by atoms with van der Waals surface area (Å²) in [6.45, 7) is 21.5. The quantitative estimate of drug-likeness (QED) is 0.0668. The SMILES string of the molecule is Brc1ccc(-c2cc(-c3ccc(Br)cc3)nc(-c3ccccc3)n2)cc1.CCCCCCc1ccc(-n2c3ccc(B4OC(C)(C)C(C)(C)O4)cc3c3cc4c5cc(B6OC(C)(C)C(C)(C)O6)ccc5n(-c5ccc(CCCCCC)cc5)c4cc32)cc1. The fraction of sp³-hybridized carbons (Fsp3) is 0.316. The smallest absolute Gasteiger partial charge is 0.399 e. The molecule has 2 aliphatic heterocycles. The highest BCUT2D eigenvalue weighted by Crippen LogP contribution is 2.43. The van der Waals surface area contributed by atoms with Crippen LogP contribution in [0.1, 0.15) is 132 Å². The van der Waals surface area contributed by atoms with Gasteiger partial charge in [0.2, 0.25) is 0 Å². The Bertz CT molecular complexity index is 3990. The number of unbranched alkanes of at least 4 members (excludes halogenated alkanes) is 6. The maximum absolute atomic E-state index is 6.62. The molecule has 0 atom stereocenters. The molecule has 0 aliphatic carbocycles. The van der Waals surface area contributed by atoms with Gasteiger partial charge in [0.05, 0.1) is 55.9 Å². The number of aromatic nitrogens is 4. The molecule has 0 bridgehead atoms. The molecule has 12 heteroatoms. The van der Waals surface area contributed by atoms with Crippen LogP contribution in [-0.2, 0) is 31.5 Å². The summed E-state index contributed by atoms with van der Waals surface area (Å²) in [4.78, 5) is 9.62. The van der Waals surface area contributed by atoms with Crippen molar-refractivity contribution in [3.63, 3.8) is 0 Å². The average molecular weight is 1290 g/mol. The van der Waals surface area contributed by atoms with E-state index in [-0.39, 0.29) is 0 Å². The number of nitrogens with zero attached hydrogens (tertiary/aromatic N) is 4. The van der Waals surface area contributed by atoms with E-state index in [1.807, 2.05) is 60.7 Å². The predicted octanol–water partition coefficient (Wildman–Crippen LogP) is 19.7. The van der Waals surface area contributed by atoms with Crippen molar-refractivity contribution in [2.24, 2.45) is 0 Å². The van der Waals surface area contributed by atoms with Crippen LogP contribution in [0.15, 0.2) is 191 Å². The Balaban J connectivity index is 0.000000241. The Hall–Kier alpha value is -6.63. The molecular weight excluding hydrogens is 1210 g/mol. The van der Waals surface area contributed by atoms with Gasteiger partial charge in [-0.15, -0.1) is 0 Å². The highest BCUT2D eigenvalue weighted by molar-refractivity contribution is 9.10. The summed E-state index contributed by atoms with van der Waals surface area (Å²) in [5.41, 5.74) is 15.0. The van der Waals surface area contributed by atoms with Crippen molar-refractivity contribution in [2.75, 3.05) is 0 Å². The van der Waals surface area contributed by atoms with Crippen molar-refractivity contribution in [3.05, 3.63) is 202 Å². The minimum absolute atomic E-state index is 0.435. The highest BCUT2D eigenvalue weighted by atomic mass is 79.9. The fourth-order valence-corrected chi connectivity index (χ4v) is 12.7. The van der Waals surface area contributed by atoms with Gasteiger partial charge in [0.15, 0.2) is 5.82 Å². The van der Waals surface area contributed by atoms with Crippen LogP contribution >= 0.6 is 31.9 Å². The van der Waals surface area contributed by atoms with E-state index in [0.29, 0.717) is 0 Å². The largest absolute Gasteiger partial charge is 0.494 e. The van der Waals surface area contributed by atoms with Crippen molar-refractivity contribution < 1.29 is 18.6 Å². The minimum Gasteiger partial charge on any atom is -0.399 e. The van der Waals surface area contributed by atoms with Gasteiger partial charge in [0.1, 0.15) is 0 Å². The number of hydrogen-bond donors (Lipinski definition) is 0. The van der Waals surface area contributed by atoms with E-state index in [4.69, 9.17) is 28.6 Å². The average Bonchev–Trinajstić information content (AvgIpc) is 1.65. The van der Waals surface area contributed by atoms with E-state index >= 15 is 0 Å². The third-order valence-electron chi connectivity index (χ3n) is 18.8. The zero-order valence-corrected chi connectivity index (χ0v) is 55.9. The zero-order valence-electron chi connectivity index (χ0n) is 52.7. The molecule has 8 aromatic carbocycles. The molecule has 0 spiro atoms. The minimum atomic E-state index is -0.461. The van der Waals surface area contributed by atoms with Crippen molar-refractivity contribution in [1.29, 1.82) is 0 Å². The molecule has 448 valence electrons. The normalized spacial score (nSPS) is 15.9. The summed E-state index contributed by atoms with van der Waals surface area (Å²) in [7, 11) is -0.921. The third-order valence-corrected chi connectivity index (χ3v) is 19.9. The first kappa shape index (κ1) is 61.6. The molecule has 3 aromatic heterocycles. The van der Waals surface area contributed by atoms with E-state index < -0.39 is 36.6 Å². The van der Waals surface area contributed by atoms with E-state index in [1.54, 1.807) is 0 Å². The number of fused-ring (bicyclic) bond motifs is 6. The fourth-order valence-electron chi connectivity index (χ4n) is 12.2. The molecule has 0 saturated carbocycles. The maximum atomic E-state index is 6.62. The molecule has 2 aliphatic rings. The van der Waals surface area contributed by atoms with E-state index in [0.717, 1.165) is 100 Å². The van der Waals surface area contributed by atoms with E-state index in [9.17, 15) is 0 Å². The number of hydrogen-bond acceptors (Lipinski definition) is 6. The summed E-state index contributed by atoms with van der Waals surface area (Å²) >= 11 is 6.98. The van der Waals surface area contributed by atoms with Crippen LogP contribution in [-0.4, -0.2) is 55.7 Å². The first-order valence-electron chi connectivity index (χ1n) is 31.7. The number of aryl methyl sites for hydroxylation is 2. The molecule has 8 nitrogen and oxygen atoms in total. The van der Waals surface area contributed by atoms with Crippen LogP contribution < -0.4 is 10.9 Å². The molecule has 0 radical (unpaired) electrons. The Morgan fingerprint density at radius 3 is 1.15 bits per heavy atom. The van der Waals surface area contributed by atoms with Crippen LogP contribution in [0, 0.1) is 0 Å². The highest BCUT2D eigenvalue weighted by Gasteiger charge is 2.53. The summed E-state index contributed by atoms with van der Waals surface area (Å²) in [6.07, 6.45) is 12.3. The number of benzene rings is 8. The van der Waals surface area contributed by atoms with Crippen LogP contribution in [0.2, 0.25) is 0 Å². The van der Waals surface area contributed by atoms with Gasteiger partial charge in [-0.1, -0.05) is 187 Å². The number of halogens is 2. The maximum Gasteiger partial charge on any atom is 0.494 e. The lowest BCUT2D eigenvalue weighted by Crippen LogP contribution is -2.41. The molecule has 5 heterocycles. The topological polar surface area (TPSA) is 72.6 Å². The Morgan fingerprint density at radius 1 is 0.375 bits per heavy atom. The van der Waals surface area contributed by atoms with Gasteiger partial charge < -0.3 is 27.8 Å². The second-order valence-corrected chi connectivity index (χ2v) is 27.9. The van der Waals surface area contributed by atoms with Crippen LogP contribution in [0.5, 0.6) is 0 Å². The lowest BCUT2D eigenvalue weighted by atomic mass is 9.78. The molecule has 88 heavy (non-hydrogen) atoms. The monoisotopic (exact) mass is 1290 g/mol. The van der Waals surface area contributed by atoms with Crippen LogP contribution in [0.25, 0.3) is 88.9 Å². The van der Waals surface area contributed by atoms with Crippen molar-refractivity contribution in [1.82, 2.24) is 19.1 Å². The molecule has 0 amide bonds. The predicted molar refractivity (Wildman–Crippen MR) is 376 cm³/mol. The Morgan fingerprint density at radius 2 is 0.761 bits per heavy atom. The molecule has 2 saturated heterocycles. The molecule has 0 unspecified atom stereocenters. The lowest BCUT2D eigenvalue weighted by molar-refractivity contribution is 0.00578. The van der Waals surface area contributed by atoms with Gasteiger partial charge in [0.25, 0.3) is 0 Å². The molecule has 11 aromatic rings. The summed E-state index contributed by atoms with van der Waals surface area (Å²) in [6, 6.07) is 65.4. The first-order chi connectivity index (χ1) is 42.3. The molecule has 13 rings (SSSR count). The van der Waals surface area contributed by atoms with Gasteiger partial charge in [-0.05, 0) is 182 Å². The molecule has 0 N–H and O–H groups in total. The van der Waals surface area contributed by atoms with Gasteiger partial charge in [-0.2, -0.15) is 0 Å². The summed E-state index contributed by atoms with van der Waals surface area (Å²) in [5.74, 6) is 0.726. The first-order valence-corrected chi connectivity index (χ1v) is 33.3. The second-order valence-electron chi connectivity index (χ2n) is 26.1. The standard InChI is InChI=1S/C54H66B2N2O4.C22H14Br2N2/c1-11-13-15-17-19-37-21-27-41(28-22-37)57-47-31-25-39(55-59-51(3,4)52(5,6)60-55)33-43(47)45-35-46-44-34-40(56-61-53(7,8)54(9,10)62-56)26-32-48(44)58(50(46)36-49(45)57)42-29-23-38(24-30-42)20-18-16-14-12-2;23-18-10-6-15(7-11-18)20-14-21(16-8-12-19(24)13-9-16)26-22(25-20)17-4-2-1-3-5-17/h21-36H,11-20H2,1-10H3;1-14H. The van der Waals surface area contributed by atoms with E-state index in [1.165, 1.54) is 84.0 Å². The third kappa shape index (κ3) is 12.5. The zero-order chi connectivity index (χ0) is 61.5. The Kier molecular flexibility index (Phi) is 17.7. The van der Waals surface area contributed by atoms with Crippen molar-refractivity contribution >= 4 is 101 Å². The van der Waals surface area contributed by atoms with E-state index in [2.05, 4.69) is 232 Å². The Labute approximate surface area is 538 Å². The van der Waals surface area contributed by atoms with Gasteiger partial charge >= 0.3 is 14.2 Å². The van der Waals surface area contributed by atoms with Gasteiger partial charge in [-0.3, -0.25) is 0 Å². The van der Waals surface area contributed by atoms with Crippen LogP contribution in [0.4, 0.5) is 0 Å². The summed E-state index contributed by atoms with van der Waals surface area (Å²) in [5, 5.41) is 4.73. The van der Waals surface area contributed by atoms with Crippen molar-refractivity contribution in [3.8, 4) is 45.3 Å². The van der Waals surface area contributed by atoms with Gasteiger partial charge in [-0.25, -0.2) is 9.97 Å². The molecular formula is C76H80B2Br2N4O4. The lowest BCUT2D eigenvalue weighted by Gasteiger charge is -2.32. The van der Waals surface area contributed by atoms with Crippen LogP contribution in [0.3, 0.4) is 0 Å². The second kappa shape index (κ2) is 25.3. The van der Waals surface area contributed by atoms with Gasteiger partial charge in [0, 0.05) is 58.6 Å². The number of rotatable bonds is 17.